The molecule has 0 saturated heterocycles. The van der Waals surface area contributed by atoms with Crippen molar-refractivity contribution in [3.63, 3.8) is 0 Å². The summed E-state index contributed by atoms with van der Waals surface area (Å²) in [4.78, 5) is 0. The van der Waals surface area contributed by atoms with Crippen molar-refractivity contribution in [3.8, 4) is 5.75 Å². The summed E-state index contributed by atoms with van der Waals surface area (Å²) in [5.41, 5.74) is 0.975. The third-order valence-electron chi connectivity index (χ3n) is 2.46. The zero-order valence-corrected chi connectivity index (χ0v) is 11.7. The SMILES string of the molecule is COCCNC(CO)c1cc(OC)ccc1Br. The van der Waals surface area contributed by atoms with E-state index in [4.69, 9.17) is 9.47 Å². The van der Waals surface area contributed by atoms with Crippen LogP contribution in [0, 0.1) is 0 Å². The van der Waals surface area contributed by atoms with Crippen molar-refractivity contribution in [1.29, 1.82) is 0 Å². The van der Waals surface area contributed by atoms with Gasteiger partial charge in [-0.3, -0.25) is 0 Å². The third-order valence-corrected chi connectivity index (χ3v) is 3.18. The van der Waals surface area contributed by atoms with Crippen molar-refractivity contribution in [3.05, 3.63) is 28.2 Å². The van der Waals surface area contributed by atoms with Crippen molar-refractivity contribution in [2.45, 2.75) is 6.04 Å². The molecule has 1 aromatic rings. The van der Waals surface area contributed by atoms with Gasteiger partial charge in [0, 0.05) is 18.1 Å². The van der Waals surface area contributed by atoms with E-state index in [1.807, 2.05) is 18.2 Å². The van der Waals surface area contributed by atoms with Crippen molar-refractivity contribution >= 4 is 15.9 Å². The average Bonchev–Trinajstić information content (AvgIpc) is 2.36. The molecule has 4 nitrogen and oxygen atoms in total. The minimum atomic E-state index is -0.130. The van der Waals surface area contributed by atoms with Gasteiger partial charge in [0.2, 0.25) is 0 Å². The van der Waals surface area contributed by atoms with Crippen LogP contribution in [0.4, 0.5) is 0 Å². The first-order valence-electron chi connectivity index (χ1n) is 5.39. The summed E-state index contributed by atoms with van der Waals surface area (Å²) in [7, 11) is 3.27. The number of hydrogen-bond donors (Lipinski definition) is 2. The fraction of sp³-hybridized carbons (Fsp3) is 0.500. The molecule has 0 aliphatic heterocycles. The average molecular weight is 304 g/mol. The van der Waals surface area contributed by atoms with Crippen LogP contribution in [0.5, 0.6) is 5.75 Å². The number of benzene rings is 1. The van der Waals surface area contributed by atoms with E-state index in [0.29, 0.717) is 13.2 Å². The van der Waals surface area contributed by atoms with Gasteiger partial charge in [0.05, 0.1) is 26.4 Å². The minimum absolute atomic E-state index is 0.0233. The van der Waals surface area contributed by atoms with Crippen LogP contribution in [-0.2, 0) is 4.74 Å². The number of ether oxygens (including phenoxy) is 2. The van der Waals surface area contributed by atoms with Gasteiger partial charge in [-0.2, -0.15) is 0 Å². The quantitative estimate of drug-likeness (QED) is 0.753. The number of aliphatic hydroxyl groups excluding tert-OH is 1. The highest BCUT2D eigenvalue weighted by Gasteiger charge is 2.13. The van der Waals surface area contributed by atoms with Gasteiger partial charge in [-0.1, -0.05) is 15.9 Å². The van der Waals surface area contributed by atoms with Gasteiger partial charge in [0.1, 0.15) is 5.75 Å². The van der Waals surface area contributed by atoms with Crippen LogP contribution >= 0.6 is 15.9 Å². The lowest BCUT2D eigenvalue weighted by Crippen LogP contribution is -2.27. The van der Waals surface area contributed by atoms with Crippen LogP contribution in [0.2, 0.25) is 0 Å². The summed E-state index contributed by atoms with van der Waals surface area (Å²) in [6, 6.07) is 5.56. The van der Waals surface area contributed by atoms with E-state index < -0.39 is 0 Å². The summed E-state index contributed by atoms with van der Waals surface area (Å²) in [5, 5.41) is 12.6. The van der Waals surface area contributed by atoms with Gasteiger partial charge in [-0.15, -0.1) is 0 Å². The first-order valence-corrected chi connectivity index (χ1v) is 6.18. The summed E-state index contributed by atoms with van der Waals surface area (Å²) in [6.07, 6.45) is 0. The summed E-state index contributed by atoms with van der Waals surface area (Å²) >= 11 is 3.47. The van der Waals surface area contributed by atoms with Crippen molar-refractivity contribution in [2.24, 2.45) is 0 Å². The number of nitrogens with one attached hydrogen (secondary N) is 1. The number of rotatable bonds is 7. The molecule has 0 radical (unpaired) electrons. The molecule has 5 heteroatoms. The van der Waals surface area contributed by atoms with E-state index in [9.17, 15) is 5.11 Å². The second kappa shape index (κ2) is 7.66. The summed E-state index contributed by atoms with van der Waals surface area (Å²) in [5.74, 6) is 0.773. The molecular formula is C12H18BrNO3. The number of halogens is 1. The van der Waals surface area contributed by atoms with E-state index in [2.05, 4.69) is 21.2 Å². The van der Waals surface area contributed by atoms with Gasteiger partial charge in [-0.25, -0.2) is 0 Å². The van der Waals surface area contributed by atoms with Gasteiger partial charge in [0.25, 0.3) is 0 Å². The lowest BCUT2D eigenvalue weighted by molar-refractivity contribution is 0.184. The molecule has 96 valence electrons. The molecule has 1 aromatic carbocycles. The van der Waals surface area contributed by atoms with Gasteiger partial charge in [0.15, 0.2) is 0 Å². The molecule has 0 aliphatic carbocycles. The zero-order chi connectivity index (χ0) is 12.7. The molecule has 0 amide bonds. The maximum absolute atomic E-state index is 9.40. The first kappa shape index (κ1) is 14.4. The van der Waals surface area contributed by atoms with Crippen molar-refractivity contribution < 1.29 is 14.6 Å². The fourth-order valence-electron chi connectivity index (χ4n) is 1.52. The standard InChI is InChI=1S/C12H18BrNO3/c1-16-6-5-14-12(8-15)10-7-9(17-2)3-4-11(10)13/h3-4,7,12,14-15H,5-6,8H2,1-2H3. The van der Waals surface area contributed by atoms with Gasteiger partial charge >= 0.3 is 0 Å². The molecule has 1 unspecified atom stereocenters. The maximum Gasteiger partial charge on any atom is 0.119 e. The molecular weight excluding hydrogens is 286 g/mol. The smallest absolute Gasteiger partial charge is 0.119 e. The normalized spacial score (nSPS) is 12.5. The van der Waals surface area contributed by atoms with Crippen LogP contribution in [0.15, 0.2) is 22.7 Å². The molecule has 0 aliphatic rings. The summed E-state index contributed by atoms with van der Waals surface area (Å²) < 4.78 is 11.1. The van der Waals surface area contributed by atoms with Crippen LogP contribution in [0.25, 0.3) is 0 Å². The predicted molar refractivity (Wildman–Crippen MR) is 70.4 cm³/mol. The maximum atomic E-state index is 9.40. The second-order valence-corrected chi connectivity index (χ2v) is 4.42. The highest BCUT2D eigenvalue weighted by molar-refractivity contribution is 9.10. The third kappa shape index (κ3) is 4.27. The predicted octanol–water partition coefficient (Wildman–Crippen LogP) is 1.73. The molecule has 0 bridgehead atoms. The van der Waals surface area contributed by atoms with Crippen LogP contribution in [0.1, 0.15) is 11.6 Å². The van der Waals surface area contributed by atoms with E-state index >= 15 is 0 Å². The molecule has 17 heavy (non-hydrogen) atoms. The minimum Gasteiger partial charge on any atom is -0.497 e. The van der Waals surface area contributed by atoms with Gasteiger partial charge in [-0.05, 0) is 23.8 Å². The summed E-state index contributed by atoms with van der Waals surface area (Å²) in [6.45, 7) is 1.32. The molecule has 1 atom stereocenters. The largest absolute Gasteiger partial charge is 0.497 e. The Morgan fingerprint density at radius 1 is 1.41 bits per heavy atom. The fourth-order valence-corrected chi connectivity index (χ4v) is 2.05. The Balaban J connectivity index is 2.78. The van der Waals surface area contributed by atoms with E-state index in [0.717, 1.165) is 15.8 Å². The molecule has 2 N–H and O–H groups in total. The van der Waals surface area contributed by atoms with E-state index in [-0.39, 0.29) is 12.6 Å². The zero-order valence-electron chi connectivity index (χ0n) is 10.1. The number of hydrogen-bond acceptors (Lipinski definition) is 4. The Bertz CT molecular complexity index is 347. The monoisotopic (exact) mass is 303 g/mol. The molecule has 0 aromatic heterocycles. The Labute approximate surface area is 110 Å². The second-order valence-electron chi connectivity index (χ2n) is 3.57. The van der Waals surface area contributed by atoms with Crippen LogP contribution in [-0.4, -0.2) is 39.1 Å². The topological polar surface area (TPSA) is 50.7 Å². The number of aliphatic hydroxyl groups is 1. The first-order chi connectivity index (χ1) is 8.22. The Morgan fingerprint density at radius 2 is 2.18 bits per heavy atom. The Hall–Kier alpha value is -0.620. The molecule has 0 saturated carbocycles. The molecule has 0 fully saturated rings. The highest BCUT2D eigenvalue weighted by Crippen LogP contribution is 2.27. The van der Waals surface area contributed by atoms with Crippen molar-refractivity contribution in [2.75, 3.05) is 34.0 Å². The Morgan fingerprint density at radius 3 is 2.76 bits per heavy atom. The van der Waals surface area contributed by atoms with Gasteiger partial charge < -0.3 is 19.9 Å². The van der Waals surface area contributed by atoms with E-state index in [1.165, 1.54) is 0 Å². The van der Waals surface area contributed by atoms with E-state index in [1.54, 1.807) is 14.2 Å². The molecule has 0 heterocycles. The lowest BCUT2D eigenvalue weighted by Gasteiger charge is -2.18. The Kier molecular flexibility index (Phi) is 6.50. The van der Waals surface area contributed by atoms with Crippen molar-refractivity contribution in [1.82, 2.24) is 5.32 Å². The lowest BCUT2D eigenvalue weighted by atomic mass is 10.1. The number of methoxy groups -OCH3 is 2. The van der Waals surface area contributed by atoms with Crippen LogP contribution in [0.3, 0.4) is 0 Å². The molecule has 1 rings (SSSR count). The highest BCUT2D eigenvalue weighted by atomic mass is 79.9. The molecule has 0 spiro atoms. The van der Waals surface area contributed by atoms with Crippen LogP contribution < -0.4 is 10.1 Å².